The minimum atomic E-state index is -0.636. The summed E-state index contributed by atoms with van der Waals surface area (Å²) in [6, 6.07) is 10.4. The number of hydrazine groups is 2. The zero-order valence-electron chi connectivity index (χ0n) is 41.8. The van der Waals surface area contributed by atoms with Crippen molar-refractivity contribution in [1.29, 1.82) is 0 Å². The van der Waals surface area contributed by atoms with Crippen LogP contribution < -0.4 is 52.3 Å². The third-order valence-corrected chi connectivity index (χ3v) is 15.3. The van der Waals surface area contributed by atoms with E-state index >= 15 is 0 Å². The van der Waals surface area contributed by atoms with Crippen LogP contribution in [0.5, 0.6) is 11.5 Å². The van der Waals surface area contributed by atoms with E-state index in [1.807, 2.05) is 9.91 Å². The molecule has 4 fully saturated rings. The summed E-state index contributed by atoms with van der Waals surface area (Å²) in [4.78, 5) is 54.9. The molecule has 4 heterocycles. The number of urea groups is 2. The van der Waals surface area contributed by atoms with E-state index in [-0.39, 0.29) is 54.6 Å². The highest BCUT2D eigenvalue weighted by atomic mass is 35.5. The lowest BCUT2D eigenvalue weighted by Gasteiger charge is -2.33. The first-order valence-corrected chi connectivity index (χ1v) is 27.1. The molecule has 408 valence electrons. The van der Waals surface area contributed by atoms with Gasteiger partial charge in [-0.3, -0.25) is 14.9 Å². The van der Waals surface area contributed by atoms with E-state index in [4.69, 9.17) is 44.8 Å². The van der Waals surface area contributed by atoms with Gasteiger partial charge >= 0.3 is 12.1 Å². The molecular formula is C47H73ClFN11O11S2. The Labute approximate surface area is 440 Å². The van der Waals surface area contributed by atoms with Gasteiger partial charge in [0.05, 0.1) is 94.7 Å². The molecule has 4 saturated heterocycles. The summed E-state index contributed by atoms with van der Waals surface area (Å²) in [5.74, 6) is 1.12. The molecule has 0 saturated carbocycles. The summed E-state index contributed by atoms with van der Waals surface area (Å²) in [5, 5.41) is 17.8. The number of anilines is 1. The number of alkyl halides is 1. The van der Waals surface area contributed by atoms with E-state index in [1.165, 1.54) is 24.9 Å². The number of carbonyl (C=O) groups excluding carboxylic acids is 4. The first-order chi connectivity index (χ1) is 35.4. The molecule has 2 aromatic carbocycles. The molecule has 7 atom stereocenters. The van der Waals surface area contributed by atoms with Crippen LogP contribution in [0, 0.1) is 5.82 Å². The fraction of sp³-hybridized carbons (Fsp3) is 0.660. The SMILES string of the molecule is COc1ccc([C@@H](C)NC(=O)[C@H](CCOCCOCCOCCN2CC(COCCOCCOc3ccc(NC(=O)NC4NC(CC(=O)N5CCN(C)CC5)CS4)cc3)NN2)SC2NC(=O)NCC2Cl)c(F)c1. The van der Waals surface area contributed by atoms with Gasteiger partial charge in [0.25, 0.3) is 0 Å². The molecule has 0 bridgehead atoms. The third kappa shape index (κ3) is 20.9. The molecule has 0 aromatic heterocycles. The molecule has 22 nitrogen and oxygen atoms in total. The Balaban J connectivity index is 0.720. The number of likely N-dealkylation sites (N-methyl/N-ethyl adjacent to an activating group) is 1. The Morgan fingerprint density at radius 3 is 2.30 bits per heavy atom. The zero-order valence-corrected chi connectivity index (χ0v) is 44.2. The number of amides is 6. The van der Waals surface area contributed by atoms with E-state index in [0.717, 1.165) is 38.5 Å². The van der Waals surface area contributed by atoms with E-state index in [2.05, 4.69) is 54.8 Å². The topological polar surface area (TPSA) is 239 Å². The lowest BCUT2D eigenvalue weighted by atomic mass is 10.1. The van der Waals surface area contributed by atoms with Crippen LogP contribution in [0.3, 0.4) is 0 Å². The zero-order chi connectivity index (χ0) is 51.8. The van der Waals surface area contributed by atoms with Crippen molar-refractivity contribution in [2.24, 2.45) is 0 Å². The predicted molar refractivity (Wildman–Crippen MR) is 277 cm³/mol. The Hall–Kier alpha value is -3.96. The van der Waals surface area contributed by atoms with Crippen molar-refractivity contribution in [1.82, 2.24) is 52.4 Å². The van der Waals surface area contributed by atoms with Crippen molar-refractivity contribution in [3.63, 3.8) is 0 Å². The van der Waals surface area contributed by atoms with Crippen LogP contribution in [0.1, 0.15) is 31.4 Å². The number of piperazine rings is 1. The molecule has 6 rings (SSSR count). The Morgan fingerprint density at radius 2 is 1.58 bits per heavy atom. The van der Waals surface area contributed by atoms with Gasteiger partial charge in [-0.25, -0.2) is 24.4 Å². The molecule has 2 aromatic rings. The van der Waals surface area contributed by atoms with Gasteiger partial charge in [0.1, 0.15) is 29.4 Å². The number of hydrogen-bond donors (Lipinski definition) is 8. The average Bonchev–Trinajstić information content (AvgIpc) is 4.03. The maximum atomic E-state index is 14.7. The number of thioether (sulfide) groups is 2. The number of halogens is 2. The molecular weight excluding hydrogens is 1010 g/mol. The Kier molecular flexibility index (Phi) is 25.4. The van der Waals surface area contributed by atoms with E-state index < -0.39 is 27.9 Å². The van der Waals surface area contributed by atoms with Crippen LogP contribution in [0.2, 0.25) is 0 Å². The minimum Gasteiger partial charge on any atom is -0.497 e. The molecule has 0 radical (unpaired) electrons. The van der Waals surface area contributed by atoms with Crippen molar-refractivity contribution < 1.29 is 56.7 Å². The molecule has 6 amide bonds. The lowest BCUT2D eigenvalue weighted by Crippen LogP contribution is -2.55. The van der Waals surface area contributed by atoms with Crippen molar-refractivity contribution in [2.45, 2.75) is 59.4 Å². The predicted octanol–water partition coefficient (Wildman–Crippen LogP) is 1.88. The minimum absolute atomic E-state index is 0.0179. The summed E-state index contributed by atoms with van der Waals surface area (Å²) in [5.41, 5.74) is 7.04. The highest BCUT2D eigenvalue weighted by Gasteiger charge is 2.34. The number of rotatable bonds is 31. The van der Waals surface area contributed by atoms with Crippen LogP contribution in [0.15, 0.2) is 42.5 Å². The van der Waals surface area contributed by atoms with Crippen LogP contribution >= 0.6 is 35.1 Å². The fourth-order valence-electron chi connectivity index (χ4n) is 7.89. The summed E-state index contributed by atoms with van der Waals surface area (Å²) < 4.78 is 54.2. The quantitative estimate of drug-likeness (QED) is 0.0398. The van der Waals surface area contributed by atoms with Gasteiger partial charge in [-0.15, -0.1) is 35.1 Å². The maximum Gasteiger partial charge on any atom is 0.321 e. The number of ether oxygens (including phenoxy) is 7. The van der Waals surface area contributed by atoms with Gasteiger partial charge in [-0.1, -0.05) is 6.07 Å². The molecule has 26 heteroatoms. The average molecular weight is 1090 g/mol. The number of carbonyl (C=O) groups is 4. The van der Waals surface area contributed by atoms with Crippen molar-refractivity contribution in [2.75, 3.05) is 144 Å². The van der Waals surface area contributed by atoms with Gasteiger partial charge in [0.15, 0.2) is 0 Å². The number of hydrogen-bond acceptors (Lipinski definition) is 18. The second-order valence-electron chi connectivity index (χ2n) is 17.7. The molecule has 4 aliphatic heterocycles. The van der Waals surface area contributed by atoms with Crippen molar-refractivity contribution in [3.8, 4) is 11.5 Å². The highest BCUT2D eigenvalue weighted by molar-refractivity contribution is 8.01. The monoisotopic (exact) mass is 1090 g/mol. The second-order valence-corrected chi connectivity index (χ2v) is 20.7. The largest absolute Gasteiger partial charge is 0.497 e. The molecule has 0 aliphatic carbocycles. The number of nitrogens with zero attached hydrogens (tertiary/aromatic N) is 3. The third-order valence-electron chi connectivity index (χ3n) is 12.0. The van der Waals surface area contributed by atoms with E-state index in [1.54, 1.807) is 55.1 Å². The standard InChI is InChI=1S/C47H73ClFN11O11S2/c1-32(38-9-8-37(65-3)27-40(38)49)51-43(62)41(73-44-39(48)28-50-45(63)54-44)10-16-66-18-20-68-21-19-67-17-15-60-29-35(56-57-60)30-70-23-22-69-24-25-71-36-6-4-33(5-7-36)52-46(64)55-47-53-34(31-72-47)26-42(61)59-13-11-58(2)12-14-59/h4-9,27,32,34-35,39,41,44,47,53,56-57H,10-26,28-31H2,1-3H3,(H,51,62)(H2,50,54,63)(H2,52,55,64)/t32-,34?,35?,39?,41+,44?,47?/m1/s1. The molecule has 0 spiro atoms. The first kappa shape index (κ1) is 58.3. The normalized spacial score (nSPS) is 22.3. The molecule has 5 unspecified atom stereocenters. The number of methoxy groups -OCH3 is 1. The summed E-state index contributed by atoms with van der Waals surface area (Å²) >= 11 is 9.27. The van der Waals surface area contributed by atoms with Gasteiger partial charge in [0, 0.05) is 88.0 Å². The molecule has 73 heavy (non-hydrogen) atoms. The maximum absolute atomic E-state index is 14.7. The summed E-state index contributed by atoms with van der Waals surface area (Å²) in [7, 11) is 3.52. The van der Waals surface area contributed by atoms with E-state index in [9.17, 15) is 23.6 Å². The molecule has 4 aliphatic rings. The fourth-order valence-corrected chi connectivity index (χ4v) is 10.5. The number of nitrogens with one attached hydrogen (secondary N) is 8. The van der Waals surface area contributed by atoms with Gasteiger partial charge in [-0.2, -0.15) is 5.53 Å². The van der Waals surface area contributed by atoms with Crippen molar-refractivity contribution >= 4 is 64.7 Å². The van der Waals surface area contributed by atoms with Gasteiger partial charge < -0.3 is 69.5 Å². The highest BCUT2D eigenvalue weighted by Crippen LogP contribution is 2.28. The lowest BCUT2D eigenvalue weighted by molar-refractivity contribution is -0.133. The van der Waals surface area contributed by atoms with Crippen LogP contribution in [-0.4, -0.2) is 211 Å². The van der Waals surface area contributed by atoms with Crippen LogP contribution in [-0.2, 0) is 33.3 Å². The van der Waals surface area contributed by atoms with Crippen molar-refractivity contribution in [3.05, 3.63) is 53.8 Å². The van der Waals surface area contributed by atoms with Crippen LogP contribution in [0.4, 0.5) is 19.7 Å². The second kappa shape index (κ2) is 31.8. The Morgan fingerprint density at radius 1 is 0.890 bits per heavy atom. The number of benzene rings is 2. The van der Waals surface area contributed by atoms with Crippen LogP contribution in [0.25, 0.3) is 0 Å². The smallest absolute Gasteiger partial charge is 0.321 e. The Bertz CT molecular complexity index is 2010. The van der Waals surface area contributed by atoms with E-state index in [0.29, 0.717) is 108 Å². The van der Waals surface area contributed by atoms with Gasteiger partial charge in [0.2, 0.25) is 11.8 Å². The first-order valence-electron chi connectivity index (χ1n) is 24.7. The van der Waals surface area contributed by atoms with Gasteiger partial charge in [-0.05, 0) is 50.7 Å². The molecule has 8 N–H and O–H groups in total. The summed E-state index contributed by atoms with van der Waals surface area (Å²) in [6.45, 7) is 11.0. The summed E-state index contributed by atoms with van der Waals surface area (Å²) in [6.07, 6.45) is 0.748.